The highest BCUT2D eigenvalue weighted by Gasteiger charge is 2.32. The topological polar surface area (TPSA) is 75.9 Å². The number of rotatable bonds is 1. The summed E-state index contributed by atoms with van der Waals surface area (Å²) in [7, 11) is 0. The Morgan fingerprint density at radius 3 is 2.56 bits per heavy atom. The van der Waals surface area contributed by atoms with Crippen LogP contribution in [-0.2, 0) is 22.5 Å². The summed E-state index contributed by atoms with van der Waals surface area (Å²) >= 11 is 0. The number of aryl methyl sites for hydroxylation is 1. The zero-order valence-electron chi connectivity index (χ0n) is 15.5. The fourth-order valence-corrected chi connectivity index (χ4v) is 3.43. The summed E-state index contributed by atoms with van der Waals surface area (Å²) in [6, 6.07) is 3.78. The van der Waals surface area contributed by atoms with E-state index >= 15 is 0 Å². The van der Waals surface area contributed by atoms with E-state index < -0.39 is 11.6 Å². The van der Waals surface area contributed by atoms with Crippen LogP contribution in [0.2, 0.25) is 0 Å². The first-order valence-corrected chi connectivity index (χ1v) is 8.83. The lowest BCUT2D eigenvalue weighted by Gasteiger charge is -2.32. The maximum atomic E-state index is 12.3. The largest absolute Gasteiger partial charge is 0.444 e. The highest BCUT2D eigenvalue weighted by atomic mass is 16.6. The molecule has 2 N–H and O–H groups in total. The Kier molecular flexibility index (Phi) is 4.49. The van der Waals surface area contributed by atoms with Gasteiger partial charge in [0, 0.05) is 25.3 Å². The van der Waals surface area contributed by atoms with Crippen molar-refractivity contribution in [3.63, 3.8) is 0 Å². The Morgan fingerprint density at radius 2 is 1.96 bits per heavy atom. The first kappa shape index (κ1) is 17.7. The number of fused-ring (bicyclic) bond motifs is 1. The van der Waals surface area contributed by atoms with Gasteiger partial charge in [-0.1, -0.05) is 6.07 Å². The molecule has 0 radical (unpaired) electrons. The fourth-order valence-electron chi connectivity index (χ4n) is 3.43. The molecule has 0 saturated carbocycles. The van der Waals surface area contributed by atoms with E-state index in [2.05, 4.69) is 12.1 Å². The van der Waals surface area contributed by atoms with Crippen molar-refractivity contribution in [3.05, 3.63) is 28.8 Å². The van der Waals surface area contributed by atoms with Crippen LogP contribution in [0.25, 0.3) is 0 Å². The number of hydrogen-bond acceptors (Lipinski definition) is 4. The van der Waals surface area contributed by atoms with Gasteiger partial charge in [-0.15, -0.1) is 0 Å². The number of amides is 2. The van der Waals surface area contributed by atoms with Crippen LogP contribution in [0.4, 0.5) is 10.5 Å². The molecule has 2 aliphatic heterocycles. The average molecular weight is 345 g/mol. The van der Waals surface area contributed by atoms with Crippen LogP contribution in [0.5, 0.6) is 0 Å². The molecule has 1 atom stereocenters. The number of benzene rings is 1. The SMILES string of the molecule is Cc1cc2c(cc1N1CC[C@H](N)C1=O)CCN(C(=O)OC(C)(C)C)C2. The number of carbonyl (C=O) groups is 2. The van der Waals surface area contributed by atoms with Crippen molar-refractivity contribution in [1.29, 1.82) is 0 Å². The number of anilines is 1. The molecule has 0 bridgehead atoms. The minimum Gasteiger partial charge on any atom is -0.444 e. The van der Waals surface area contributed by atoms with Crippen LogP contribution in [0, 0.1) is 6.92 Å². The van der Waals surface area contributed by atoms with Gasteiger partial charge in [0.1, 0.15) is 5.60 Å². The van der Waals surface area contributed by atoms with E-state index in [-0.39, 0.29) is 12.0 Å². The zero-order valence-corrected chi connectivity index (χ0v) is 15.5. The maximum Gasteiger partial charge on any atom is 0.410 e. The number of nitrogens with two attached hydrogens (primary N) is 1. The van der Waals surface area contributed by atoms with Crippen LogP contribution in [0.3, 0.4) is 0 Å². The summed E-state index contributed by atoms with van der Waals surface area (Å²) in [6.07, 6.45) is 1.18. The quantitative estimate of drug-likeness (QED) is 0.848. The maximum absolute atomic E-state index is 12.3. The van der Waals surface area contributed by atoms with Gasteiger partial charge in [0.05, 0.1) is 6.04 Å². The van der Waals surface area contributed by atoms with E-state index in [1.54, 1.807) is 9.80 Å². The summed E-state index contributed by atoms with van der Waals surface area (Å²) in [4.78, 5) is 28.1. The van der Waals surface area contributed by atoms with Gasteiger partial charge in [0.2, 0.25) is 5.91 Å². The van der Waals surface area contributed by atoms with Crippen LogP contribution >= 0.6 is 0 Å². The Balaban J connectivity index is 1.80. The predicted octanol–water partition coefficient (Wildman–Crippen LogP) is 2.35. The van der Waals surface area contributed by atoms with Gasteiger partial charge in [-0.3, -0.25) is 4.79 Å². The van der Waals surface area contributed by atoms with E-state index in [1.165, 1.54) is 5.56 Å². The molecule has 0 aromatic heterocycles. The second-order valence-electron chi connectivity index (χ2n) is 7.94. The lowest BCUT2D eigenvalue weighted by atomic mass is 9.96. The van der Waals surface area contributed by atoms with Gasteiger partial charge in [-0.25, -0.2) is 4.79 Å². The van der Waals surface area contributed by atoms with E-state index in [4.69, 9.17) is 10.5 Å². The third-order valence-electron chi connectivity index (χ3n) is 4.72. The molecule has 2 aliphatic rings. The lowest BCUT2D eigenvalue weighted by molar-refractivity contribution is -0.118. The number of hydrogen-bond donors (Lipinski definition) is 1. The highest BCUT2D eigenvalue weighted by Crippen LogP contribution is 2.31. The van der Waals surface area contributed by atoms with Crippen LogP contribution in [0.1, 0.15) is 43.9 Å². The fraction of sp³-hybridized carbons (Fsp3) is 0.579. The zero-order chi connectivity index (χ0) is 18.4. The Hall–Kier alpha value is -2.08. The van der Waals surface area contributed by atoms with Gasteiger partial charge in [-0.2, -0.15) is 0 Å². The molecule has 3 rings (SSSR count). The van der Waals surface area contributed by atoms with Crippen LogP contribution in [0.15, 0.2) is 12.1 Å². The van der Waals surface area contributed by atoms with E-state index in [9.17, 15) is 9.59 Å². The van der Waals surface area contributed by atoms with Gasteiger partial charge in [-0.05, 0) is 63.3 Å². The Bertz CT molecular complexity index is 709. The van der Waals surface area contributed by atoms with Crippen molar-refractivity contribution < 1.29 is 14.3 Å². The summed E-state index contributed by atoms with van der Waals surface area (Å²) < 4.78 is 5.47. The summed E-state index contributed by atoms with van der Waals surface area (Å²) in [5.41, 5.74) is 9.64. The minimum absolute atomic E-state index is 0.00533. The van der Waals surface area contributed by atoms with E-state index in [0.29, 0.717) is 26.1 Å². The highest BCUT2D eigenvalue weighted by molar-refractivity contribution is 6.00. The third-order valence-corrected chi connectivity index (χ3v) is 4.72. The first-order valence-electron chi connectivity index (χ1n) is 8.83. The molecule has 136 valence electrons. The third kappa shape index (κ3) is 3.63. The van der Waals surface area contributed by atoms with Crippen LogP contribution in [-0.4, -0.2) is 41.6 Å². The van der Waals surface area contributed by atoms with Crippen molar-refractivity contribution in [2.75, 3.05) is 18.0 Å². The first-order chi connectivity index (χ1) is 11.7. The minimum atomic E-state index is -0.494. The van der Waals surface area contributed by atoms with Crippen molar-refractivity contribution in [3.8, 4) is 0 Å². The molecule has 6 nitrogen and oxygen atoms in total. The molecule has 0 aliphatic carbocycles. The lowest BCUT2D eigenvalue weighted by Crippen LogP contribution is -2.40. The molecule has 1 aromatic rings. The molecular formula is C19H27N3O3. The summed E-state index contributed by atoms with van der Waals surface area (Å²) in [6.45, 7) is 9.45. The second kappa shape index (κ2) is 6.33. The van der Waals surface area contributed by atoms with Gasteiger partial charge in [0.25, 0.3) is 0 Å². The Morgan fingerprint density at radius 1 is 1.24 bits per heavy atom. The summed E-state index contributed by atoms with van der Waals surface area (Å²) in [5.74, 6) is -0.00533. The predicted molar refractivity (Wildman–Crippen MR) is 96.5 cm³/mol. The average Bonchev–Trinajstić information content (AvgIpc) is 2.84. The van der Waals surface area contributed by atoms with E-state index in [0.717, 1.165) is 23.2 Å². The van der Waals surface area contributed by atoms with Crippen LogP contribution < -0.4 is 10.6 Å². The molecule has 6 heteroatoms. The normalized spacial score (nSPS) is 20.7. The Labute approximate surface area is 148 Å². The van der Waals surface area contributed by atoms with Gasteiger partial charge >= 0.3 is 6.09 Å². The second-order valence-corrected chi connectivity index (χ2v) is 7.94. The standard InChI is InChI=1S/C19H27N3O3/c1-12-9-14-11-21(18(24)25-19(2,3)4)7-5-13(14)10-16(12)22-8-6-15(20)17(22)23/h9-10,15H,5-8,11,20H2,1-4H3/t15-/m0/s1. The molecule has 25 heavy (non-hydrogen) atoms. The number of ether oxygens (including phenoxy) is 1. The van der Waals surface area contributed by atoms with E-state index in [1.807, 2.05) is 27.7 Å². The van der Waals surface area contributed by atoms with Crippen molar-refractivity contribution >= 4 is 17.7 Å². The van der Waals surface area contributed by atoms with Crippen molar-refractivity contribution in [2.45, 2.75) is 58.7 Å². The smallest absolute Gasteiger partial charge is 0.410 e. The number of carbonyl (C=O) groups excluding carboxylic acids is 2. The van der Waals surface area contributed by atoms with Gasteiger partial charge < -0.3 is 20.3 Å². The molecule has 0 unspecified atom stereocenters. The molecule has 2 heterocycles. The molecule has 1 aromatic carbocycles. The van der Waals surface area contributed by atoms with Crippen molar-refractivity contribution in [1.82, 2.24) is 4.90 Å². The molecule has 0 spiro atoms. The molecule has 2 amide bonds. The number of nitrogens with zero attached hydrogens (tertiary/aromatic N) is 2. The molecule has 1 saturated heterocycles. The molecular weight excluding hydrogens is 318 g/mol. The monoisotopic (exact) mass is 345 g/mol. The summed E-state index contributed by atoms with van der Waals surface area (Å²) in [5, 5.41) is 0. The molecule has 1 fully saturated rings. The van der Waals surface area contributed by atoms with Gasteiger partial charge in [0.15, 0.2) is 0 Å². The van der Waals surface area contributed by atoms with Crippen molar-refractivity contribution in [2.24, 2.45) is 5.73 Å².